The highest BCUT2D eigenvalue weighted by Gasteiger charge is 2.42. The van der Waals surface area contributed by atoms with E-state index in [1.54, 1.807) is 6.07 Å². The highest BCUT2D eigenvalue weighted by molar-refractivity contribution is 5.38. The Balaban J connectivity index is 1.99. The van der Waals surface area contributed by atoms with Crippen molar-refractivity contribution in [2.24, 2.45) is 0 Å². The van der Waals surface area contributed by atoms with Crippen LogP contribution in [-0.2, 0) is 0 Å². The van der Waals surface area contributed by atoms with Crippen molar-refractivity contribution in [3.05, 3.63) is 29.6 Å². The van der Waals surface area contributed by atoms with E-state index in [0.29, 0.717) is 17.7 Å². The van der Waals surface area contributed by atoms with Gasteiger partial charge in [0.15, 0.2) is 0 Å². The summed E-state index contributed by atoms with van der Waals surface area (Å²) >= 11 is 0. The van der Waals surface area contributed by atoms with Crippen molar-refractivity contribution in [2.45, 2.75) is 43.8 Å². The molecule has 1 aromatic rings. The molecule has 0 bridgehead atoms. The summed E-state index contributed by atoms with van der Waals surface area (Å²) in [6, 6.07) is 4.40. The monoisotopic (exact) mass is 222 g/mol. The van der Waals surface area contributed by atoms with Crippen molar-refractivity contribution in [3.63, 3.8) is 0 Å². The lowest BCUT2D eigenvalue weighted by molar-refractivity contribution is -0.00962. The zero-order valence-electron chi connectivity index (χ0n) is 9.08. The summed E-state index contributed by atoms with van der Waals surface area (Å²) in [5, 5.41) is 10.1. The van der Waals surface area contributed by atoms with E-state index in [0.717, 1.165) is 25.7 Å². The van der Waals surface area contributed by atoms with Crippen LogP contribution >= 0.6 is 0 Å². The van der Waals surface area contributed by atoms with Gasteiger partial charge in [0.1, 0.15) is 17.2 Å². The number of halogens is 1. The van der Waals surface area contributed by atoms with E-state index in [1.807, 2.05) is 0 Å². The first-order chi connectivity index (χ1) is 7.69. The summed E-state index contributed by atoms with van der Waals surface area (Å²) in [4.78, 5) is 0. The Kier molecular flexibility index (Phi) is 2.18. The third kappa shape index (κ3) is 1.50. The topological polar surface area (TPSA) is 29.5 Å². The van der Waals surface area contributed by atoms with Crippen LogP contribution in [0.2, 0.25) is 0 Å². The van der Waals surface area contributed by atoms with E-state index in [1.165, 1.54) is 12.1 Å². The maximum atomic E-state index is 13.1. The molecular weight excluding hydrogens is 207 g/mol. The predicted octanol–water partition coefficient (Wildman–Crippen LogP) is 2.95. The molecule has 0 radical (unpaired) electrons. The summed E-state index contributed by atoms with van der Waals surface area (Å²) in [6.07, 6.45) is 4.33. The second-order valence-electron chi connectivity index (χ2n) is 4.89. The number of aliphatic hydroxyl groups excluding tert-OH is 1. The third-order valence-electron chi connectivity index (χ3n) is 3.74. The molecule has 0 saturated heterocycles. The Hall–Kier alpha value is -1.09. The van der Waals surface area contributed by atoms with E-state index in [-0.39, 0.29) is 11.4 Å². The van der Waals surface area contributed by atoms with Crippen LogP contribution in [0, 0.1) is 5.82 Å². The second kappa shape index (κ2) is 3.45. The Morgan fingerprint density at radius 1 is 1.31 bits per heavy atom. The SMILES string of the molecule is OC1CC2(CCCC2)Oc2ccc(F)cc21. The number of aliphatic hydroxyl groups is 1. The van der Waals surface area contributed by atoms with Gasteiger partial charge in [-0.1, -0.05) is 0 Å². The maximum Gasteiger partial charge on any atom is 0.126 e. The number of benzene rings is 1. The van der Waals surface area contributed by atoms with Gasteiger partial charge in [-0.15, -0.1) is 0 Å². The summed E-state index contributed by atoms with van der Waals surface area (Å²) in [5.41, 5.74) is 0.405. The molecule has 1 aliphatic heterocycles. The van der Waals surface area contributed by atoms with Gasteiger partial charge in [-0.2, -0.15) is 0 Å². The fourth-order valence-corrected chi connectivity index (χ4v) is 2.94. The van der Waals surface area contributed by atoms with Gasteiger partial charge in [0.05, 0.1) is 6.10 Å². The van der Waals surface area contributed by atoms with Gasteiger partial charge < -0.3 is 9.84 Å². The van der Waals surface area contributed by atoms with Gasteiger partial charge in [0.2, 0.25) is 0 Å². The molecule has 1 fully saturated rings. The molecule has 0 amide bonds. The fourth-order valence-electron chi connectivity index (χ4n) is 2.94. The van der Waals surface area contributed by atoms with Crippen molar-refractivity contribution < 1.29 is 14.2 Å². The predicted molar refractivity (Wildman–Crippen MR) is 57.8 cm³/mol. The van der Waals surface area contributed by atoms with E-state index < -0.39 is 6.10 Å². The summed E-state index contributed by atoms with van der Waals surface area (Å²) in [7, 11) is 0. The highest BCUT2D eigenvalue weighted by atomic mass is 19.1. The van der Waals surface area contributed by atoms with Gasteiger partial charge >= 0.3 is 0 Å². The van der Waals surface area contributed by atoms with E-state index in [9.17, 15) is 9.50 Å². The molecule has 1 aromatic carbocycles. The van der Waals surface area contributed by atoms with Crippen molar-refractivity contribution >= 4 is 0 Å². The van der Waals surface area contributed by atoms with Crippen LogP contribution in [0.1, 0.15) is 43.8 Å². The quantitative estimate of drug-likeness (QED) is 0.731. The van der Waals surface area contributed by atoms with Crippen molar-refractivity contribution in [2.75, 3.05) is 0 Å². The molecule has 1 N–H and O–H groups in total. The highest BCUT2D eigenvalue weighted by Crippen LogP contribution is 2.47. The minimum Gasteiger partial charge on any atom is -0.487 e. The van der Waals surface area contributed by atoms with Crippen molar-refractivity contribution in [3.8, 4) is 5.75 Å². The zero-order chi connectivity index (χ0) is 11.2. The largest absolute Gasteiger partial charge is 0.487 e. The number of ether oxygens (including phenoxy) is 1. The molecule has 1 aliphatic carbocycles. The first-order valence-corrected chi connectivity index (χ1v) is 5.85. The average Bonchev–Trinajstić information content (AvgIpc) is 2.68. The fraction of sp³-hybridized carbons (Fsp3) is 0.538. The van der Waals surface area contributed by atoms with Crippen LogP contribution < -0.4 is 4.74 Å². The van der Waals surface area contributed by atoms with Crippen LogP contribution in [-0.4, -0.2) is 10.7 Å². The lowest BCUT2D eigenvalue weighted by atomic mass is 9.87. The molecule has 0 aromatic heterocycles. The lowest BCUT2D eigenvalue weighted by Gasteiger charge is -2.38. The van der Waals surface area contributed by atoms with Crippen LogP contribution in [0.4, 0.5) is 4.39 Å². The molecular formula is C13H15FO2. The second-order valence-corrected chi connectivity index (χ2v) is 4.89. The Labute approximate surface area is 94.0 Å². The van der Waals surface area contributed by atoms with E-state index in [4.69, 9.17) is 4.74 Å². The maximum absolute atomic E-state index is 13.1. The first kappa shape index (κ1) is 10.1. The normalized spacial score (nSPS) is 26.5. The molecule has 1 saturated carbocycles. The third-order valence-corrected chi connectivity index (χ3v) is 3.74. The molecule has 86 valence electrons. The molecule has 1 heterocycles. The van der Waals surface area contributed by atoms with Crippen molar-refractivity contribution in [1.82, 2.24) is 0 Å². The lowest BCUT2D eigenvalue weighted by Crippen LogP contribution is -2.38. The summed E-state index contributed by atoms with van der Waals surface area (Å²) in [6.45, 7) is 0. The number of hydrogen-bond acceptors (Lipinski definition) is 2. The number of fused-ring (bicyclic) bond motifs is 1. The van der Waals surface area contributed by atoms with E-state index in [2.05, 4.69) is 0 Å². The number of hydrogen-bond donors (Lipinski definition) is 1. The van der Waals surface area contributed by atoms with Gasteiger partial charge in [-0.3, -0.25) is 0 Å². The molecule has 2 aliphatic rings. The van der Waals surface area contributed by atoms with Crippen LogP contribution in [0.3, 0.4) is 0 Å². The van der Waals surface area contributed by atoms with Crippen LogP contribution in [0.5, 0.6) is 5.75 Å². The summed E-state index contributed by atoms with van der Waals surface area (Å²) in [5.74, 6) is 0.339. The minimum atomic E-state index is -0.586. The van der Waals surface area contributed by atoms with Gasteiger partial charge in [-0.05, 0) is 43.9 Å². The average molecular weight is 222 g/mol. The Morgan fingerprint density at radius 2 is 2.06 bits per heavy atom. The standard InChI is InChI=1S/C13H15FO2/c14-9-3-4-12-10(7-9)11(15)8-13(16-12)5-1-2-6-13/h3-4,7,11,15H,1-2,5-6,8H2. The Morgan fingerprint density at radius 3 is 2.81 bits per heavy atom. The molecule has 3 heteroatoms. The first-order valence-electron chi connectivity index (χ1n) is 5.85. The summed E-state index contributed by atoms with van der Waals surface area (Å²) < 4.78 is 19.0. The van der Waals surface area contributed by atoms with Gasteiger partial charge in [0, 0.05) is 12.0 Å². The zero-order valence-corrected chi connectivity index (χ0v) is 9.08. The molecule has 3 rings (SSSR count). The van der Waals surface area contributed by atoms with Gasteiger partial charge in [0.25, 0.3) is 0 Å². The Bertz CT molecular complexity index is 410. The minimum absolute atomic E-state index is 0.190. The van der Waals surface area contributed by atoms with Crippen LogP contribution in [0.15, 0.2) is 18.2 Å². The smallest absolute Gasteiger partial charge is 0.126 e. The molecule has 2 nitrogen and oxygen atoms in total. The van der Waals surface area contributed by atoms with Crippen molar-refractivity contribution in [1.29, 1.82) is 0 Å². The molecule has 16 heavy (non-hydrogen) atoms. The van der Waals surface area contributed by atoms with Crippen LogP contribution in [0.25, 0.3) is 0 Å². The van der Waals surface area contributed by atoms with E-state index >= 15 is 0 Å². The molecule has 1 unspecified atom stereocenters. The number of rotatable bonds is 0. The molecule has 1 atom stereocenters. The molecule has 1 spiro atoms. The van der Waals surface area contributed by atoms with Gasteiger partial charge in [-0.25, -0.2) is 4.39 Å².